The van der Waals surface area contributed by atoms with E-state index >= 15 is 0 Å². The van der Waals surface area contributed by atoms with Gasteiger partial charge >= 0.3 is 0 Å². The molecule has 3 saturated heterocycles. The van der Waals surface area contributed by atoms with Gasteiger partial charge in [0, 0.05) is 32.1 Å². The molecule has 0 aromatic rings. The fourth-order valence-corrected chi connectivity index (χ4v) is 3.84. The summed E-state index contributed by atoms with van der Waals surface area (Å²) >= 11 is 0. The lowest BCUT2D eigenvalue weighted by Crippen LogP contribution is -2.58. The van der Waals surface area contributed by atoms with Gasteiger partial charge in [-0.3, -0.25) is 9.59 Å². The zero-order chi connectivity index (χ0) is 14.1. The standard InChI is InChI=1S/C15H25N3O2/c1-2-11-5-6-16-13(9-11)15(20)17-7-8-18-12(10-17)3-4-14(18)19/h11-13,16H,2-10H2,1H3. The molecule has 5 heteroatoms. The highest BCUT2D eigenvalue weighted by Gasteiger charge is 2.38. The van der Waals surface area contributed by atoms with Crippen LogP contribution >= 0.6 is 0 Å². The Balaban J connectivity index is 1.59. The lowest BCUT2D eigenvalue weighted by Gasteiger charge is -2.40. The first-order valence-electron chi connectivity index (χ1n) is 8.00. The monoisotopic (exact) mass is 279 g/mol. The minimum atomic E-state index is -0.00245. The molecular formula is C15H25N3O2. The predicted octanol–water partition coefficient (Wildman–Crippen LogP) is 0.598. The summed E-state index contributed by atoms with van der Waals surface area (Å²) in [4.78, 5) is 28.3. The molecule has 3 aliphatic heterocycles. The molecule has 2 amide bonds. The molecular weight excluding hydrogens is 254 g/mol. The number of amides is 2. The van der Waals surface area contributed by atoms with Crippen molar-refractivity contribution in [1.82, 2.24) is 15.1 Å². The molecule has 20 heavy (non-hydrogen) atoms. The van der Waals surface area contributed by atoms with E-state index < -0.39 is 0 Å². The van der Waals surface area contributed by atoms with Gasteiger partial charge in [-0.1, -0.05) is 13.3 Å². The van der Waals surface area contributed by atoms with Gasteiger partial charge in [-0.05, 0) is 31.7 Å². The van der Waals surface area contributed by atoms with Gasteiger partial charge in [0.25, 0.3) is 0 Å². The molecule has 3 aliphatic rings. The maximum absolute atomic E-state index is 12.6. The van der Waals surface area contributed by atoms with E-state index in [1.54, 1.807) is 0 Å². The van der Waals surface area contributed by atoms with E-state index in [0.29, 0.717) is 18.9 Å². The molecule has 0 bridgehead atoms. The van der Waals surface area contributed by atoms with Crippen LogP contribution in [0.5, 0.6) is 0 Å². The van der Waals surface area contributed by atoms with Crippen LogP contribution in [0.4, 0.5) is 0 Å². The Morgan fingerprint density at radius 2 is 2.20 bits per heavy atom. The number of fused-ring (bicyclic) bond motifs is 1. The van der Waals surface area contributed by atoms with E-state index in [2.05, 4.69) is 12.2 Å². The minimum Gasteiger partial charge on any atom is -0.338 e. The number of hydrogen-bond donors (Lipinski definition) is 1. The Morgan fingerprint density at radius 3 is 3.00 bits per heavy atom. The van der Waals surface area contributed by atoms with E-state index in [-0.39, 0.29) is 23.9 Å². The molecule has 0 saturated carbocycles. The smallest absolute Gasteiger partial charge is 0.239 e. The Labute approximate surface area is 120 Å². The molecule has 0 aromatic carbocycles. The van der Waals surface area contributed by atoms with E-state index in [9.17, 15) is 9.59 Å². The third-order valence-corrected chi connectivity index (χ3v) is 5.19. The van der Waals surface area contributed by atoms with Crippen molar-refractivity contribution in [2.24, 2.45) is 5.92 Å². The lowest BCUT2D eigenvalue weighted by atomic mass is 9.89. The Morgan fingerprint density at radius 1 is 1.35 bits per heavy atom. The first kappa shape index (κ1) is 13.9. The molecule has 3 fully saturated rings. The molecule has 0 spiro atoms. The van der Waals surface area contributed by atoms with Crippen LogP contribution in [-0.2, 0) is 9.59 Å². The Kier molecular flexibility index (Phi) is 3.96. The number of piperidine rings is 1. The topological polar surface area (TPSA) is 52.7 Å². The molecule has 0 radical (unpaired) electrons. The van der Waals surface area contributed by atoms with Gasteiger partial charge in [0.15, 0.2) is 0 Å². The second kappa shape index (κ2) is 5.72. The van der Waals surface area contributed by atoms with Crippen molar-refractivity contribution in [2.75, 3.05) is 26.2 Å². The largest absolute Gasteiger partial charge is 0.338 e. The van der Waals surface area contributed by atoms with Gasteiger partial charge in [0.05, 0.1) is 6.04 Å². The van der Waals surface area contributed by atoms with Crippen molar-refractivity contribution in [3.63, 3.8) is 0 Å². The summed E-state index contributed by atoms with van der Waals surface area (Å²) in [5.74, 6) is 1.20. The van der Waals surface area contributed by atoms with Crippen molar-refractivity contribution in [3.05, 3.63) is 0 Å². The van der Waals surface area contributed by atoms with Crippen LogP contribution in [0.15, 0.2) is 0 Å². The van der Waals surface area contributed by atoms with Crippen molar-refractivity contribution in [1.29, 1.82) is 0 Å². The molecule has 3 heterocycles. The van der Waals surface area contributed by atoms with Crippen molar-refractivity contribution in [3.8, 4) is 0 Å². The van der Waals surface area contributed by atoms with Crippen LogP contribution in [0.1, 0.15) is 39.0 Å². The van der Waals surface area contributed by atoms with Crippen molar-refractivity contribution < 1.29 is 9.59 Å². The zero-order valence-corrected chi connectivity index (χ0v) is 12.3. The van der Waals surface area contributed by atoms with E-state index in [1.165, 1.54) is 6.42 Å². The van der Waals surface area contributed by atoms with Crippen LogP contribution < -0.4 is 5.32 Å². The van der Waals surface area contributed by atoms with Crippen LogP contribution in [0, 0.1) is 5.92 Å². The Bertz CT molecular complexity index is 399. The number of piperazine rings is 1. The molecule has 3 rings (SSSR count). The highest BCUT2D eigenvalue weighted by molar-refractivity contribution is 5.83. The van der Waals surface area contributed by atoms with Gasteiger partial charge in [0.2, 0.25) is 11.8 Å². The normalized spacial score (nSPS) is 34.2. The van der Waals surface area contributed by atoms with Gasteiger partial charge in [-0.2, -0.15) is 0 Å². The summed E-state index contributed by atoms with van der Waals surface area (Å²) in [5.41, 5.74) is 0. The van der Waals surface area contributed by atoms with E-state index in [4.69, 9.17) is 0 Å². The van der Waals surface area contributed by atoms with Crippen LogP contribution in [-0.4, -0.2) is 59.9 Å². The molecule has 1 N–H and O–H groups in total. The minimum absolute atomic E-state index is 0.00245. The lowest BCUT2D eigenvalue weighted by molar-refractivity contribution is -0.141. The maximum Gasteiger partial charge on any atom is 0.239 e. The first-order valence-corrected chi connectivity index (χ1v) is 8.00. The molecule has 3 atom stereocenters. The summed E-state index contributed by atoms with van der Waals surface area (Å²) < 4.78 is 0. The first-order chi connectivity index (χ1) is 9.69. The highest BCUT2D eigenvalue weighted by Crippen LogP contribution is 2.25. The SMILES string of the molecule is CCC1CCNC(C(=O)N2CCN3C(=O)CCC3C2)C1. The Hall–Kier alpha value is -1.10. The molecule has 0 aromatic heterocycles. The average molecular weight is 279 g/mol. The van der Waals surface area contributed by atoms with Crippen LogP contribution in [0.25, 0.3) is 0 Å². The second-order valence-electron chi connectivity index (χ2n) is 6.37. The van der Waals surface area contributed by atoms with Crippen LogP contribution in [0.2, 0.25) is 0 Å². The third-order valence-electron chi connectivity index (χ3n) is 5.19. The number of rotatable bonds is 2. The second-order valence-corrected chi connectivity index (χ2v) is 6.37. The molecule has 0 aliphatic carbocycles. The third kappa shape index (κ3) is 2.55. The number of carbonyl (C=O) groups is 2. The van der Waals surface area contributed by atoms with Gasteiger partial charge in [-0.25, -0.2) is 0 Å². The van der Waals surface area contributed by atoms with E-state index in [0.717, 1.165) is 38.9 Å². The quantitative estimate of drug-likeness (QED) is 0.805. The summed E-state index contributed by atoms with van der Waals surface area (Å²) in [7, 11) is 0. The van der Waals surface area contributed by atoms with Gasteiger partial charge in [0.1, 0.15) is 0 Å². The van der Waals surface area contributed by atoms with E-state index in [1.807, 2.05) is 9.80 Å². The summed E-state index contributed by atoms with van der Waals surface area (Å²) in [6.07, 6.45) is 4.89. The fourth-order valence-electron chi connectivity index (χ4n) is 3.84. The number of nitrogens with zero attached hydrogens (tertiary/aromatic N) is 2. The highest BCUT2D eigenvalue weighted by atomic mass is 16.2. The summed E-state index contributed by atoms with van der Waals surface area (Å²) in [6.45, 7) is 5.33. The predicted molar refractivity (Wildman–Crippen MR) is 76.1 cm³/mol. The summed E-state index contributed by atoms with van der Waals surface area (Å²) in [5, 5.41) is 3.38. The van der Waals surface area contributed by atoms with Crippen molar-refractivity contribution >= 4 is 11.8 Å². The fraction of sp³-hybridized carbons (Fsp3) is 0.867. The van der Waals surface area contributed by atoms with Crippen LogP contribution in [0.3, 0.4) is 0 Å². The van der Waals surface area contributed by atoms with Gasteiger partial charge < -0.3 is 15.1 Å². The van der Waals surface area contributed by atoms with Gasteiger partial charge in [-0.15, -0.1) is 0 Å². The average Bonchev–Trinajstić information content (AvgIpc) is 2.87. The summed E-state index contributed by atoms with van der Waals surface area (Å²) in [6, 6.07) is 0.267. The maximum atomic E-state index is 12.6. The zero-order valence-electron chi connectivity index (χ0n) is 12.3. The molecule has 5 nitrogen and oxygen atoms in total. The number of carbonyl (C=O) groups excluding carboxylic acids is 2. The van der Waals surface area contributed by atoms with Crippen molar-refractivity contribution in [2.45, 2.75) is 51.1 Å². The number of nitrogens with one attached hydrogen (secondary N) is 1. The molecule has 3 unspecified atom stereocenters. The number of hydrogen-bond acceptors (Lipinski definition) is 3. The molecule has 112 valence electrons.